The van der Waals surface area contributed by atoms with E-state index in [1.165, 1.54) is 12.8 Å². The second-order valence-corrected chi connectivity index (χ2v) is 7.18. The van der Waals surface area contributed by atoms with Gasteiger partial charge in [0.05, 0.1) is 23.6 Å². The Morgan fingerprint density at radius 3 is 2.81 bits per heavy atom. The van der Waals surface area contributed by atoms with Crippen molar-refractivity contribution in [3.63, 3.8) is 0 Å². The molecular weight excluding hydrogens is 364 g/mol. The third-order valence-corrected chi connectivity index (χ3v) is 4.75. The number of hydrogen-bond acceptors (Lipinski definition) is 5. The van der Waals surface area contributed by atoms with Crippen LogP contribution >= 0.6 is 11.6 Å². The predicted molar refractivity (Wildman–Crippen MR) is 104 cm³/mol. The third-order valence-electron chi connectivity index (χ3n) is 4.53. The van der Waals surface area contributed by atoms with Crippen LogP contribution in [-0.2, 0) is 29.2 Å². The van der Waals surface area contributed by atoms with E-state index in [2.05, 4.69) is 32.7 Å². The number of aryl methyl sites for hydroxylation is 2. The average molecular weight is 389 g/mol. The fourth-order valence-corrected chi connectivity index (χ4v) is 3.27. The van der Waals surface area contributed by atoms with Crippen LogP contribution in [0.5, 0.6) is 0 Å². The number of unbranched alkanes of at least 4 members (excludes halogenated alkanes) is 2. The van der Waals surface area contributed by atoms with Gasteiger partial charge in [-0.15, -0.1) is 0 Å². The number of carbonyl (C=O) groups excluding carboxylic acids is 1. The van der Waals surface area contributed by atoms with E-state index in [0.717, 1.165) is 35.6 Å². The van der Waals surface area contributed by atoms with Gasteiger partial charge in [0.2, 0.25) is 0 Å². The fourth-order valence-electron chi connectivity index (χ4n) is 3.15. The number of esters is 1. The van der Waals surface area contributed by atoms with Gasteiger partial charge in [-0.25, -0.2) is 9.78 Å². The summed E-state index contributed by atoms with van der Waals surface area (Å²) in [5.41, 5.74) is 4.02. The van der Waals surface area contributed by atoms with Gasteiger partial charge >= 0.3 is 5.97 Å². The molecule has 0 spiro atoms. The van der Waals surface area contributed by atoms with Gasteiger partial charge in [0, 0.05) is 25.4 Å². The number of nitrogens with zero attached hydrogens (tertiary/aromatic N) is 4. The lowest BCUT2D eigenvalue weighted by molar-refractivity contribution is -0.135. The third kappa shape index (κ3) is 5.32. The smallest absolute Gasteiger partial charge is 0.333 e. The molecule has 0 N–H and O–H groups in total. The molecule has 1 aliphatic rings. The number of rotatable bonds is 9. The van der Waals surface area contributed by atoms with Gasteiger partial charge in [-0.05, 0) is 31.0 Å². The van der Waals surface area contributed by atoms with Crippen molar-refractivity contribution >= 4 is 17.6 Å². The zero-order valence-electron chi connectivity index (χ0n) is 15.8. The van der Waals surface area contributed by atoms with Crippen LogP contribution in [0.4, 0.5) is 0 Å². The van der Waals surface area contributed by atoms with E-state index in [4.69, 9.17) is 16.3 Å². The van der Waals surface area contributed by atoms with Crippen LogP contribution in [0.15, 0.2) is 36.2 Å². The molecule has 7 heteroatoms. The summed E-state index contributed by atoms with van der Waals surface area (Å²) in [6.45, 7) is 6.67. The SMILES string of the molecule is CCCCCn1nc(C)cc1CN(Cc1ccc(Cl)nc1)C1=CC(=O)OC1. The van der Waals surface area contributed by atoms with E-state index in [-0.39, 0.29) is 5.97 Å². The zero-order chi connectivity index (χ0) is 19.2. The van der Waals surface area contributed by atoms with Gasteiger partial charge < -0.3 is 9.64 Å². The van der Waals surface area contributed by atoms with Crippen LogP contribution < -0.4 is 0 Å². The van der Waals surface area contributed by atoms with Gasteiger partial charge in [-0.3, -0.25) is 4.68 Å². The Bertz CT molecular complexity index is 814. The maximum Gasteiger partial charge on any atom is 0.333 e. The lowest BCUT2D eigenvalue weighted by Crippen LogP contribution is -2.25. The van der Waals surface area contributed by atoms with Crippen LogP contribution in [0, 0.1) is 6.92 Å². The van der Waals surface area contributed by atoms with Crippen molar-refractivity contribution in [2.24, 2.45) is 0 Å². The minimum absolute atomic E-state index is 0.294. The number of cyclic esters (lactones) is 1. The molecule has 0 saturated carbocycles. The van der Waals surface area contributed by atoms with Crippen molar-refractivity contribution in [2.45, 2.75) is 52.7 Å². The first-order chi connectivity index (χ1) is 13.0. The van der Waals surface area contributed by atoms with E-state index in [1.54, 1.807) is 18.3 Å². The Kier molecular flexibility index (Phi) is 6.50. The topological polar surface area (TPSA) is 60.2 Å². The van der Waals surface area contributed by atoms with Crippen LogP contribution in [0.2, 0.25) is 5.15 Å². The normalized spacial score (nSPS) is 13.6. The molecule has 0 bridgehead atoms. The van der Waals surface area contributed by atoms with E-state index in [1.807, 2.05) is 13.0 Å². The van der Waals surface area contributed by atoms with Crippen LogP contribution in [0.25, 0.3) is 0 Å². The van der Waals surface area contributed by atoms with E-state index >= 15 is 0 Å². The summed E-state index contributed by atoms with van der Waals surface area (Å²) in [6, 6.07) is 5.83. The largest absolute Gasteiger partial charge is 0.456 e. The summed E-state index contributed by atoms with van der Waals surface area (Å²) in [4.78, 5) is 17.9. The number of pyridine rings is 1. The predicted octanol–water partition coefficient (Wildman–Crippen LogP) is 3.87. The molecule has 0 atom stereocenters. The molecule has 144 valence electrons. The second-order valence-electron chi connectivity index (χ2n) is 6.80. The summed E-state index contributed by atoms with van der Waals surface area (Å²) in [6.07, 6.45) is 6.80. The van der Waals surface area contributed by atoms with Crippen molar-refractivity contribution in [2.75, 3.05) is 6.61 Å². The highest BCUT2D eigenvalue weighted by Crippen LogP contribution is 2.20. The molecule has 6 nitrogen and oxygen atoms in total. The summed E-state index contributed by atoms with van der Waals surface area (Å²) < 4.78 is 7.20. The van der Waals surface area contributed by atoms with E-state index in [0.29, 0.717) is 24.8 Å². The number of halogens is 1. The molecule has 0 radical (unpaired) electrons. The first-order valence-corrected chi connectivity index (χ1v) is 9.69. The van der Waals surface area contributed by atoms with Gasteiger partial charge in [0.1, 0.15) is 11.8 Å². The van der Waals surface area contributed by atoms with Crippen molar-refractivity contribution in [1.29, 1.82) is 0 Å². The van der Waals surface area contributed by atoms with Gasteiger partial charge in [0.25, 0.3) is 0 Å². The maximum atomic E-state index is 11.6. The first-order valence-electron chi connectivity index (χ1n) is 9.31. The molecule has 0 aromatic carbocycles. The number of hydrogen-bond donors (Lipinski definition) is 0. The van der Waals surface area contributed by atoms with Crippen molar-refractivity contribution < 1.29 is 9.53 Å². The van der Waals surface area contributed by atoms with Gasteiger partial charge in [-0.1, -0.05) is 37.4 Å². The molecule has 1 aliphatic heterocycles. The lowest BCUT2D eigenvalue weighted by atomic mass is 10.2. The quantitative estimate of drug-likeness (QED) is 0.370. The van der Waals surface area contributed by atoms with Crippen molar-refractivity contribution in [3.05, 3.63) is 58.3 Å². The lowest BCUT2D eigenvalue weighted by Gasteiger charge is -2.25. The highest BCUT2D eigenvalue weighted by molar-refractivity contribution is 6.29. The zero-order valence-corrected chi connectivity index (χ0v) is 16.6. The van der Waals surface area contributed by atoms with Crippen molar-refractivity contribution in [1.82, 2.24) is 19.7 Å². The molecule has 2 aromatic rings. The summed E-state index contributed by atoms with van der Waals surface area (Å²) in [5.74, 6) is -0.295. The maximum absolute atomic E-state index is 11.6. The minimum Gasteiger partial charge on any atom is -0.456 e. The monoisotopic (exact) mass is 388 g/mol. The molecule has 0 aliphatic carbocycles. The Balaban J connectivity index is 1.80. The Labute approximate surface area is 164 Å². The molecule has 3 rings (SSSR count). The van der Waals surface area contributed by atoms with Crippen LogP contribution in [-0.4, -0.2) is 32.2 Å². The molecule has 2 aromatic heterocycles. The van der Waals surface area contributed by atoms with Crippen molar-refractivity contribution in [3.8, 4) is 0 Å². The first kappa shape index (κ1) is 19.4. The van der Waals surface area contributed by atoms with Gasteiger partial charge in [-0.2, -0.15) is 5.10 Å². The van der Waals surface area contributed by atoms with E-state index < -0.39 is 0 Å². The summed E-state index contributed by atoms with van der Waals surface area (Å²) in [7, 11) is 0. The Morgan fingerprint density at radius 1 is 1.30 bits per heavy atom. The molecule has 27 heavy (non-hydrogen) atoms. The number of aromatic nitrogens is 3. The summed E-state index contributed by atoms with van der Waals surface area (Å²) >= 11 is 5.90. The average Bonchev–Trinajstić information content (AvgIpc) is 3.22. The number of carbonyl (C=O) groups is 1. The minimum atomic E-state index is -0.295. The fraction of sp³-hybridized carbons (Fsp3) is 0.450. The Hall–Kier alpha value is -2.34. The molecule has 0 saturated heterocycles. The molecule has 0 amide bonds. The Morgan fingerprint density at radius 2 is 2.15 bits per heavy atom. The number of ether oxygens (including phenoxy) is 1. The molecular formula is C20H25ClN4O2. The molecule has 0 unspecified atom stereocenters. The van der Waals surface area contributed by atoms with E-state index in [9.17, 15) is 4.79 Å². The van der Waals surface area contributed by atoms with Gasteiger partial charge in [0.15, 0.2) is 0 Å². The standard InChI is InChI=1S/C20H25ClN4O2/c1-3-4-5-8-25-17(9-15(2)23-25)13-24(18-10-20(26)27-14-18)12-16-6-7-19(21)22-11-16/h6-7,9-11H,3-5,8,12-14H2,1-2H3. The summed E-state index contributed by atoms with van der Waals surface area (Å²) in [5, 5.41) is 5.10. The second kappa shape index (κ2) is 9.04. The molecule has 0 fully saturated rings. The van der Waals surface area contributed by atoms with Crippen LogP contribution in [0.1, 0.15) is 43.1 Å². The van der Waals surface area contributed by atoms with Crippen LogP contribution in [0.3, 0.4) is 0 Å². The highest BCUT2D eigenvalue weighted by Gasteiger charge is 2.21. The highest BCUT2D eigenvalue weighted by atomic mass is 35.5. The molecule has 3 heterocycles.